The van der Waals surface area contributed by atoms with E-state index in [1.807, 2.05) is 0 Å². The summed E-state index contributed by atoms with van der Waals surface area (Å²) in [7, 11) is 0. The molecule has 0 spiro atoms. The number of nitrogens with zero attached hydrogens (tertiary/aromatic N) is 4. The Kier molecular flexibility index (Phi) is 7.52. The molecule has 0 N–H and O–H groups in total. The van der Waals surface area contributed by atoms with Crippen LogP contribution in [0.15, 0.2) is 164 Å². The summed E-state index contributed by atoms with van der Waals surface area (Å²) in [6.07, 6.45) is 0. The predicted octanol–water partition coefficient (Wildman–Crippen LogP) is 12.9. The minimum atomic E-state index is 0.126. The van der Waals surface area contributed by atoms with Crippen LogP contribution in [0.3, 0.4) is 0 Å². The molecule has 0 radical (unpaired) electrons. The van der Waals surface area contributed by atoms with Crippen LogP contribution < -0.4 is 4.90 Å². The first-order valence-electron chi connectivity index (χ1n) is 17.3. The maximum absolute atomic E-state index is 4.88. The molecule has 0 fully saturated rings. The lowest BCUT2D eigenvalue weighted by Gasteiger charge is -2.26. The molecular weight excluding hydrogens is 641 g/mol. The number of rotatable bonds is 6. The van der Waals surface area contributed by atoms with Crippen molar-refractivity contribution in [3.63, 3.8) is 0 Å². The third-order valence-corrected chi connectivity index (χ3v) is 10.4. The van der Waals surface area contributed by atoms with Gasteiger partial charge in [0, 0.05) is 33.4 Å². The van der Waals surface area contributed by atoms with Crippen LogP contribution in [-0.2, 0) is 5.41 Å². The van der Waals surface area contributed by atoms with Gasteiger partial charge in [0.25, 0.3) is 0 Å². The molecule has 246 valence electrons. The molecule has 0 amide bonds. The molecule has 51 heavy (non-hydrogen) atoms. The molecule has 0 aliphatic rings. The van der Waals surface area contributed by atoms with Crippen LogP contribution in [0.1, 0.15) is 26.3 Å². The highest BCUT2D eigenvalue weighted by molar-refractivity contribution is 7.00. The molecule has 4 nitrogen and oxygen atoms in total. The topological polar surface area (TPSA) is 34.0 Å². The average molecular weight is 677 g/mol. The molecule has 0 unspecified atom stereocenters. The van der Waals surface area contributed by atoms with Crippen LogP contribution in [0.5, 0.6) is 0 Å². The van der Waals surface area contributed by atoms with Crippen LogP contribution >= 0.6 is 11.7 Å². The van der Waals surface area contributed by atoms with Crippen molar-refractivity contribution in [3.8, 4) is 27.9 Å². The fraction of sp³-hybridized carbons (Fsp3) is 0.0870. The molecule has 2 heterocycles. The van der Waals surface area contributed by atoms with Gasteiger partial charge in [-0.15, -0.1) is 0 Å². The standard InChI is InChI=1S/C46H36N4S/c1-46(2,3)34-23-17-31(18-24-34)32-19-25-36(26-20-32)49(35-11-5-4-6-12-35)43-30-29-38(44-45(43)48-51-47-44)33-21-27-37(28-22-33)50-41-15-9-7-13-39(41)40-14-8-10-16-42(40)50/h4-30H,1-3H3. The molecule has 0 atom stereocenters. The number of aromatic nitrogens is 3. The van der Waals surface area contributed by atoms with Crippen LogP contribution in [0, 0.1) is 0 Å². The Morgan fingerprint density at radius 3 is 1.65 bits per heavy atom. The first-order chi connectivity index (χ1) is 24.9. The SMILES string of the molecule is CC(C)(C)c1ccc(-c2ccc(N(c3ccccc3)c3ccc(-c4ccc(-n5c6ccccc6c6ccccc65)cc4)c4nsnc34)cc2)cc1. The Hall–Kier alpha value is -6.04. The van der Waals surface area contributed by atoms with Crippen molar-refractivity contribution >= 4 is 61.6 Å². The highest BCUT2D eigenvalue weighted by atomic mass is 32.1. The summed E-state index contributed by atoms with van der Waals surface area (Å²) in [5.41, 5.74) is 14.5. The third-order valence-electron chi connectivity index (χ3n) is 9.88. The van der Waals surface area contributed by atoms with Gasteiger partial charge in [-0.05, 0) is 88.3 Å². The van der Waals surface area contributed by atoms with Crippen LogP contribution in [-0.4, -0.2) is 13.3 Å². The number of para-hydroxylation sites is 3. The molecule has 9 rings (SSSR count). The van der Waals surface area contributed by atoms with E-state index in [-0.39, 0.29) is 5.41 Å². The van der Waals surface area contributed by atoms with E-state index in [0.717, 1.165) is 44.9 Å². The Labute approximate surface area is 302 Å². The highest BCUT2D eigenvalue weighted by Gasteiger charge is 2.21. The molecule has 0 saturated heterocycles. The van der Waals surface area contributed by atoms with E-state index in [2.05, 4.69) is 194 Å². The summed E-state index contributed by atoms with van der Waals surface area (Å²) in [5.74, 6) is 0. The van der Waals surface area contributed by atoms with Crippen molar-refractivity contribution in [2.75, 3.05) is 4.90 Å². The van der Waals surface area contributed by atoms with E-state index in [1.165, 1.54) is 50.2 Å². The van der Waals surface area contributed by atoms with Gasteiger partial charge in [-0.3, -0.25) is 0 Å². The van der Waals surface area contributed by atoms with E-state index in [1.54, 1.807) is 0 Å². The number of hydrogen-bond donors (Lipinski definition) is 0. The molecule has 9 aromatic rings. The Balaban J connectivity index is 1.09. The Bertz CT molecular complexity index is 2590. The summed E-state index contributed by atoms with van der Waals surface area (Å²) in [6.45, 7) is 6.75. The fourth-order valence-corrected chi connectivity index (χ4v) is 7.80. The number of fused-ring (bicyclic) bond motifs is 4. The monoisotopic (exact) mass is 676 g/mol. The summed E-state index contributed by atoms with van der Waals surface area (Å²) in [4.78, 5) is 2.28. The first-order valence-corrected chi connectivity index (χ1v) is 18.1. The lowest BCUT2D eigenvalue weighted by molar-refractivity contribution is 0.590. The molecule has 2 aromatic heterocycles. The van der Waals surface area contributed by atoms with Crippen molar-refractivity contribution in [1.29, 1.82) is 0 Å². The zero-order valence-corrected chi connectivity index (χ0v) is 29.6. The second kappa shape index (κ2) is 12.4. The van der Waals surface area contributed by atoms with Gasteiger partial charge in [0.1, 0.15) is 11.0 Å². The zero-order valence-electron chi connectivity index (χ0n) is 28.8. The normalized spacial score (nSPS) is 11.8. The van der Waals surface area contributed by atoms with Crippen molar-refractivity contribution in [1.82, 2.24) is 13.3 Å². The van der Waals surface area contributed by atoms with Gasteiger partial charge in [0.2, 0.25) is 0 Å². The molecule has 7 aromatic carbocycles. The Morgan fingerprint density at radius 2 is 1.02 bits per heavy atom. The Morgan fingerprint density at radius 1 is 0.490 bits per heavy atom. The quantitative estimate of drug-likeness (QED) is 0.176. The average Bonchev–Trinajstić information content (AvgIpc) is 3.80. The van der Waals surface area contributed by atoms with Gasteiger partial charge in [-0.25, -0.2) is 0 Å². The number of hydrogen-bond acceptors (Lipinski definition) is 4. The van der Waals surface area contributed by atoms with Crippen molar-refractivity contribution in [2.45, 2.75) is 26.2 Å². The summed E-state index contributed by atoms with van der Waals surface area (Å²) >= 11 is 1.26. The van der Waals surface area contributed by atoms with Gasteiger partial charge < -0.3 is 9.47 Å². The molecule has 0 bridgehead atoms. The lowest BCUT2D eigenvalue weighted by atomic mass is 9.86. The molecule has 0 aliphatic heterocycles. The maximum atomic E-state index is 4.88. The molecule has 0 saturated carbocycles. The van der Waals surface area contributed by atoms with Gasteiger partial charge >= 0.3 is 0 Å². The molecule has 5 heteroatoms. The number of anilines is 3. The van der Waals surface area contributed by atoms with Crippen LogP contribution in [0.4, 0.5) is 17.1 Å². The second-order valence-corrected chi connectivity index (χ2v) is 14.6. The minimum absolute atomic E-state index is 0.126. The lowest BCUT2D eigenvalue weighted by Crippen LogP contribution is -2.11. The highest BCUT2D eigenvalue weighted by Crippen LogP contribution is 2.42. The van der Waals surface area contributed by atoms with Crippen molar-refractivity contribution < 1.29 is 0 Å². The van der Waals surface area contributed by atoms with Crippen molar-refractivity contribution in [3.05, 3.63) is 169 Å². The second-order valence-electron chi connectivity index (χ2n) is 14.1. The predicted molar refractivity (Wildman–Crippen MR) is 216 cm³/mol. The third kappa shape index (κ3) is 5.47. The van der Waals surface area contributed by atoms with Gasteiger partial charge in [-0.2, -0.15) is 8.75 Å². The summed E-state index contributed by atoms with van der Waals surface area (Å²) in [6, 6.07) is 58.7. The first kappa shape index (κ1) is 31.0. The van der Waals surface area contributed by atoms with Crippen molar-refractivity contribution in [2.24, 2.45) is 0 Å². The minimum Gasteiger partial charge on any atom is -0.309 e. The van der Waals surface area contributed by atoms with Crippen LogP contribution in [0.2, 0.25) is 0 Å². The van der Waals surface area contributed by atoms with Gasteiger partial charge in [0.05, 0.1) is 28.4 Å². The summed E-state index contributed by atoms with van der Waals surface area (Å²) < 4.78 is 12.1. The summed E-state index contributed by atoms with van der Waals surface area (Å²) in [5, 5.41) is 2.52. The van der Waals surface area contributed by atoms with E-state index < -0.39 is 0 Å². The van der Waals surface area contributed by atoms with Gasteiger partial charge in [0.15, 0.2) is 0 Å². The zero-order chi connectivity index (χ0) is 34.5. The smallest absolute Gasteiger partial charge is 0.129 e. The van der Waals surface area contributed by atoms with E-state index in [4.69, 9.17) is 8.75 Å². The fourth-order valence-electron chi connectivity index (χ4n) is 7.23. The molecular formula is C46H36N4S. The van der Waals surface area contributed by atoms with E-state index in [9.17, 15) is 0 Å². The van der Waals surface area contributed by atoms with E-state index >= 15 is 0 Å². The largest absolute Gasteiger partial charge is 0.309 e. The maximum Gasteiger partial charge on any atom is 0.129 e. The number of benzene rings is 7. The molecule has 0 aliphatic carbocycles. The van der Waals surface area contributed by atoms with E-state index in [0.29, 0.717) is 0 Å². The van der Waals surface area contributed by atoms with Gasteiger partial charge in [-0.1, -0.05) is 124 Å². The van der Waals surface area contributed by atoms with Crippen LogP contribution in [0.25, 0.3) is 60.8 Å².